The van der Waals surface area contributed by atoms with Gasteiger partial charge in [-0.2, -0.15) is 0 Å². The lowest BCUT2D eigenvalue weighted by Crippen LogP contribution is -2.17. The number of para-hydroxylation sites is 3. The third-order valence-electron chi connectivity index (χ3n) is 9.47. The molecule has 1 aliphatic heterocycles. The summed E-state index contributed by atoms with van der Waals surface area (Å²) in [6.45, 7) is 0. The van der Waals surface area contributed by atoms with E-state index in [1.54, 1.807) is 0 Å². The van der Waals surface area contributed by atoms with Gasteiger partial charge < -0.3 is 18.5 Å². The lowest BCUT2D eigenvalue weighted by atomic mass is 9.93. The molecule has 0 fully saturated rings. The third-order valence-corrected chi connectivity index (χ3v) is 9.47. The summed E-state index contributed by atoms with van der Waals surface area (Å²) in [5, 5.41) is 2.13. The SMILES string of the molecule is c1ccc(-c2cccc(-c3ccccc3)c2N2c3ccc(-c4cc5ccccc5o4)cc3Oc3cc(-c4cc5ccccc5o4)ccc32)cc1. The average molecular weight is 644 g/mol. The quantitative estimate of drug-likeness (QED) is 0.187. The number of furan rings is 2. The summed E-state index contributed by atoms with van der Waals surface area (Å²) in [4.78, 5) is 2.35. The summed E-state index contributed by atoms with van der Waals surface area (Å²) in [5.74, 6) is 3.06. The predicted octanol–water partition coefficient (Wildman–Crippen LogP) is 13.4. The predicted molar refractivity (Wildman–Crippen MR) is 202 cm³/mol. The van der Waals surface area contributed by atoms with Crippen molar-refractivity contribution >= 4 is 39.0 Å². The molecule has 50 heavy (non-hydrogen) atoms. The lowest BCUT2D eigenvalue weighted by molar-refractivity contribution is 0.477. The van der Waals surface area contributed by atoms with Crippen molar-refractivity contribution in [3.05, 3.63) is 176 Å². The Labute approximate surface area is 289 Å². The van der Waals surface area contributed by atoms with Gasteiger partial charge in [0, 0.05) is 33.0 Å². The van der Waals surface area contributed by atoms with E-state index in [2.05, 4.69) is 144 Å². The van der Waals surface area contributed by atoms with E-state index in [0.29, 0.717) is 0 Å². The fourth-order valence-electron chi connectivity index (χ4n) is 7.09. The molecule has 0 amide bonds. The van der Waals surface area contributed by atoms with E-state index < -0.39 is 0 Å². The molecule has 7 aromatic carbocycles. The highest BCUT2D eigenvalue weighted by Crippen LogP contribution is 2.56. The second-order valence-corrected chi connectivity index (χ2v) is 12.5. The Morgan fingerprint density at radius 2 is 0.820 bits per heavy atom. The number of rotatable bonds is 5. The van der Waals surface area contributed by atoms with Crippen molar-refractivity contribution in [2.24, 2.45) is 0 Å². The van der Waals surface area contributed by atoms with Crippen molar-refractivity contribution in [1.29, 1.82) is 0 Å². The van der Waals surface area contributed by atoms with E-state index in [4.69, 9.17) is 13.6 Å². The molecule has 0 atom stereocenters. The third kappa shape index (κ3) is 4.69. The van der Waals surface area contributed by atoms with Crippen molar-refractivity contribution < 1.29 is 13.6 Å². The zero-order valence-electron chi connectivity index (χ0n) is 26.9. The maximum absolute atomic E-state index is 6.87. The van der Waals surface area contributed by atoms with Crippen LogP contribution in [0.1, 0.15) is 0 Å². The molecule has 0 radical (unpaired) electrons. The van der Waals surface area contributed by atoms with Gasteiger partial charge in [0.2, 0.25) is 0 Å². The Kier molecular flexibility index (Phi) is 6.46. The van der Waals surface area contributed by atoms with Crippen LogP contribution in [0.2, 0.25) is 0 Å². The minimum atomic E-state index is 0.735. The highest BCUT2D eigenvalue weighted by atomic mass is 16.5. The maximum Gasteiger partial charge on any atom is 0.152 e. The summed E-state index contributed by atoms with van der Waals surface area (Å²) in [5.41, 5.74) is 11.0. The minimum absolute atomic E-state index is 0.735. The van der Waals surface area contributed by atoms with Gasteiger partial charge in [0.25, 0.3) is 0 Å². The van der Waals surface area contributed by atoms with Crippen LogP contribution in [0.4, 0.5) is 17.1 Å². The number of benzene rings is 7. The van der Waals surface area contributed by atoms with Gasteiger partial charge in [0.15, 0.2) is 11.5 Å². The fraction of sp³-hybridized carbons (Fsp3) is 0. The van der Waals surface area contributed by atoms with Crippen molar-refractivity contribution in [3.63, 3.8) is 0 Å². The number of nitrogens with zero attached hydrogens (tertiary/aromatic N) is 1. The molecule has 4 nitrogen and oxygen atoms in total. The number of ether oxygens (including phenoxy) is 1. The molecule has 0 saturated heterocycles. The van der Waals surface area contributed by atoms with Gasteiger partial charge in [-0.1, -0.05) is 115 Å². The summed E-state index contributed by atoms with van der Waals surface area (Å²) >= 11 is 0. The average Bonchev–Trinajstić information content (AvgIpc) is 3.82. The van der Waals surface area contributed by atoms with E-state index in [1.807, 2.05) is 36.4 Å². The maximum atomic E-state index is 6.87. The summed E-state index contributed by atoms with van der Waals surface area (Å²) in [7, 11) is 0. The van der Waals surface area contributed by atoms with Crippen molar-refractivity contribution in [1.82, 2.24) is 0 Å². The molecule has 0 saturated carbocycles. The highest BCUT2D eigenvalue weighted by Gasteiger charge is 2.31. The normalized spacial score (nSPS) is 12.1. The second-order valence-electron chi connectivity index (χ2n) is 12.5. The molecule has 4 heteroatoms. The molecule has 2 aromatic heterocycles. The van der Waals surface area contributed by atoms with Crippen molar-refractivity contribution in [2.45, 2.75) is 0 Å². The number of hydrogen-bond donors (Lipinski definition) is 0. The molecular weight excluding hydrogens is 615 g/mol. The Morgan fingerprint density at radius 1 is 0.360 bits per heavy atom. The van der Waals surface area contributed by atoms with Gasteiger partial charge >= 0.3 is 0 Å². The van der Waals surface area contributed by atoms with Gasteiger partial charge in [-0.3, -0.25) is 0 Å². The first-order chi connectivity index (χ1) is 24.8. The fourth-order valence-corrected chi connectivity index (χ4v) is 7.09. The Morgan fingerprint density at radius 3 is 1.30 bits per heavy atom. The van der Waals surface area contributed by atoms with E-state index in [9.17, 15) is 0 Å². The van der Waals surface area contributed by atoms with Gasteiger partial charge in [-0.05, 0) is 71.8 Å². The van der Waals surface area contributed by atoms with E-state index in [1.165, 1.54) is 0 Å². The molecule has 0 aliphatic carbocycles. The van der Waals surface area contributed by atoms with Crippen LogP contribution in [0.3, 0.4) is 0 Å². The van der Waals surface area contributed by atoms with Crippen LogP contribution in [0.15, 0.2) is 185 Å². The minimum Gasteiger partial charge on any atom is -0.456 e. The summed E-state index contributed by atoms with van der Waals surface area (Å²) in [6, 6.07) is 60.8. The highest BCUT2D eigenvalue weighted by molar-refractivity contribution is 6.01. The molecule has 3 heterocycles. The van der Waals surface area contributed by atoms with Crippen LogP contribution >= 0.6 is 0 Å². The zero-order valence-corrected chi connectivity index (χ0v) is 26.9. The van der Waals surface area contributed by atoms with E-state index >= 15 is 0 Å². The van der Waals surface area contributed by atoms with Crippen LogP contribution in [-0.2, 0) is 0 Å². The van der Waals surface area contributed by atoms with Crippen LogP contribution < -0.4 is 9.64 Å². The van der Waals surface area contributed by atoms with Gasteiger partial charge in [0.1, 0.15) is 22.7 Å². The first-order valence-electron chi connectivity index (χ1n) is 16.7. The lowest BCUT2D eigenvalue weighted by Gasteiger charge is -2.36. The Balaban J connectivity index is 1.22. The monoisotopic (exact) mass is 643 g/mol. The largest absolute Gasteiger partial charge is 0.456 e. The van der Waals surface area contributed by atoms with Gasteiger partial charge in [-0.15, -0.1) is 0 Å². The Hall–Kier alpha value is -6.78. The first kappa shape index (κ1) is 28.3. The first-order valence-corrected chi connectivity index (χ1v) is 16.7. The molecular formula is C46H29NO3. The van der Waals surface area contributed by atoms with E-state index in [0.717, 1.165) is 95.4 Å². The van der Waals surface area contributed by atoms with E-state index in [-0.39, 0.29) is 0 Å². The van der Waals surface area contributed by atoms with Crippen LogP contribution in [0.5, 0.6) is 11.5 Å². The van der Waals surface area contributed by atoms with Crippen LogP contribution in [-0.4, -0.2) is 0 Å². The molecule has 0 bridgehead atoms. The van der Waals surface area contributed by atoms with Crippen LogP contribution in [0.25, 0.3) is 66.8 Å². The molecule has 0 spiro atoms. The second kappa shape index (κ2) is 11.4. The smallest absolute Gasteiger partial charge is 0.152 e. The summed E-state index contributed by atoms with van der Waals surface area (Å²) < 4.78 is 19.5. The van der Waals surface area contributed by atoms with Crippen molar-refractivity contribution in [2.75, 3.05) is 4.90 Å². The standard InChI is InChI=1S/C46H29NO3/c1-3-12-30(13-4-1)36-18-11-19-37(31-14-5-2-6-15-31)46(36)47-38-24-22-34(42-26-32-16-7-9-20-40(32)48-42)28-44(38)50-45-29-35(23-25-39(45)47)43-27-33-17-8-10-21-41(33)49-43/h1-29H. The number of anilines is 3. The number of fused-ring (bicyclic) bond motifs is 4. The van der Waals surface area contributed by atoms with Gasteiger partial charge in [0.05, 0.1) is 17.1 Å². The molecule has 236 valence electrons. The molecule has 9 aromatic rings. The molecule has 1 aliphatic rings. The molecule has 0 unspecified atom stereocenters. The van der Waals surface area contributed by atoms with Gasteiger partial charge in [-0.25, -0.2) is 0 Å². The number of hydrogen-bond acceptors (Lipinski definition) is 4. The zero-order chi connectivity index (χ0) is 33.0. The molecule has 0 N–H and O–H groups in total. The Bertz CT molecular complexity index is 2440. The van der Waals surface area contributed by atoms with Crippen molar-refractivity contribution in [3.8, 4) is 56.4 Å². The van der Waals surface area contributed by atoms with Crippen LogP contribution in [0, 0.1) is 0 Å². The molecule has 10 rings (SSSR count). The topological polar surface area (TPSA) is 38.8 Å². The summed E-state index contributed by atoms with van der Waals surface area (Å²) in [6.07, 6.45) is 0.